The lowest BCUT2D eigenvalue weighted by Gasteiger charge is -2.47. The average Bonchev–Trinajstić information content (AvgIpc) is 2.63. The van der Waals surface area contributed by atoms with Crippen LogP contribution in [-0.4, -0.2) is 25.1 Å². The molecular weight excluding hydrogens is 287 g/mol. The van der Waals surface area contributed by atoms with Crippen molar-refractivity contribution in [3.63, 3.8) is 0 Å². The van der Waals surface area contributed by atoms with Gasteiger partial charge in [0, 0.05) is 17.6 Å². The van der Waals surface area contributed by atoms with Gasteiger partial charge in [0.25, 0.3) is 0 Å². The lowest BCUT2D eigenvalue weighted by atomic mass is 9.68. The Morgan fingerprint density at radius 3 is 2.39 bits per heavy atom. The first-order valence-corrected chi connectivity index (χ1v) is 8.15. The summed E-state index contributed by atoms with van der Waals surface area (Å²) in [4.78, 5) is 12.4. The largest absolute Gasteiger partial charge is 0.494 e. The van der Waals surface area contributed by atoms with Crippen molar-refractivity contribution in [1.29, 1.82) is 0 Å². The molecule has 1 fully saturated rings. The molecule has 0 spiro atoms. The minimum absolute atomic E-state index is 0.0538. The standard InChI is InChI=1S/C19H25BO3/c1-12-14-10-13(8-9-15(14)18(4,5)16(12)21)20-22-11-17(2,3)19(6,7)23-20/h8-10H,1,11H2,2-7H3. The molecule has 0 saturated carbocycles. The second-order valence-electron chi connectivity index (χ2n) is 8.39. The molecule has 4 heteroatoms. The zero-order valence-electron chi connectivity index (χ0n) is 14.9. The monoisotopic (exact) mass is 312 g/mol. The van der Waals surface area contributed by atoms with E-state index in [0.717, 1.165) is 16.6 Å². The maximum Gasteiger partial charge on any atom is 0.494 e. The number of rotatable bonds is 1. The molecule has 3 rings (SSSR count). The molecule has 0 unspecified atom stereocenters. The van der Waals surface area contributed by atoms with Gasteiger partial charge in [0.1, 0.15) is 0 Å². The van der Waals surface area contributed by atoms with Crippen LogP contribution in [0.15, 0.2) is 24.8 Å². The Labute approximate surface area is 139 Å². The fourth-order valence-electron chi connectivity index (χ4n) is 3.21. The molecule has 1 heterocycles. The predicted molar refractivity (Wildman–Crippen MR) is 93.8 cm³/mol. The van der Waals surface area contributed by atoms with Gasteiger partial charge in [0.05, 0.1) is 11.0 Å². The van der Waals surface area contributed by atoms with Gasteiger partial charge in [0.15, 0.2) is 5.78 Å². The van der Waals surface area contributed by atoms with Crippen molar-refractivity contribution in [3.8, 4) is 0 Å². The molecule has 0 N–H and O–H groups in total. The molecule has 0 radical (unpaired) electrons. The van der Waals surface area contributed by atoms with Gasteiger partial charge in [-0.3, -0.25) is 4.79 Å². The number of Topliss-reactive ketones (excluding diaryl/α,β-unsaturated/α-hetero) is 1. The van der Waals surface area contributed by atoms with Crippen LogP contribution in [0.1, 0.15) is 52.7 Å². The van der Waals surface area contributed by atoms with Crippen LogP contribution in [0.2, 0.25) is 0 Å². The number of ketones is 1. The highest BCUT2D eigenvalue weighted by atomic mass is 16.6. The summed E-state index contributed by atoms with van der Waals surface area (Å²) in [5, 5.41) is 0. The molecule has 0 aromatic heterocycles. The lowest BCUT2D eigenvalue weighted by Crippen LogP contribution is -2.58. The molecule has 2 aliphatic rings. The Hall–Kier alpha value is -1.39. The minimum atomic E-state index is -0.500. The number of fused-ring (bicyclic) bond motifs is 1. The fourth-order valence-corrected chi connectivity index (χ4v) is 3.21. The third-order valence-electron chi connectivity index (χ3n) is 5.78. The molecule has 23 heavy (non-hydrogen) atoms. The summed E-state index contributed by atoms with van der Waals surface area (Å²) < 4.78 is 12.2. The summed E-state index contributed by atoms with van der Waals surface area (Å²) in [6.45, 7) is 17.0. The normalized spacial score (nSPS) is 24.7. The van der Waals surface area contributed by atoms with E-state index in [9.17, 15) is 4.79 Å². The zero-order valence-corrected chi connectivity index (χ0v) is 14.9. The summed E-state index contributed by atoms with van der Waals surface area (Å²) in [6.07, 6.45) is 0. The van der Waals surface area contributed by atoms with Crippen molar-refractivity contribution in [3.05, 3.63) is 35.9 Å². The second-order valence-corrected chi connectivity index (χ2v) is 8.39. The maximum atomic E-state index is 12.4. The first-order valence-electron chi connectivity index (χ1n) is 8.15. The number of hydrogen-bond acceptors (Lipinski definition) is 3. The SMILES string of the molecule is C=C1C(=O)C(C)(C)c2ccc(B3OCC(C)(C)C(C)(C)O3)cc21. The maximum absolute atomic E-state index is 12.4. The molecule has 1 aliphatic carbocycles. The molecular formula is C19H25BO3. The van der Waals surface area contributed by atoms with Gasteiger partial charge in [-0.2, -0.15) is 0 Å². The molecule has 0 bridgehead atoms. The zero-order chi connectivity index (χ0) is 17.2. The van der Waals surface area contributed by atoms with Crippen LogP contribution < -0.4 is 5.46 Å². The van der Waals surface area contributed by atoms with Crippen molar-refractivity contribution in [2.75, 3.05) is 6.61 Å². The van der Waals surface area contributed by atoms with Crippen molar-refractivity contribution in [2.24, 2.45) is 5.41 Å². The number of carbonyl (C=O) groups is 1. The Bertz CT molecular complexity index is 701. The van der Waals surface area contributed by atoms with Crippen LogP contribution in [0.4, 0.5) is 0 Å². The topological polar surface area (TPSA) is 35.5 Å². The molecule has 1 aromatic carbocycles. The average molecular weight is 312 g/mol. The van der Waals surface area contributed by atoms with E-state index in [1.807, 2.05) is 32.0 Å². The molecule has 1 aromatic rings. The molecule has 3 nitrogen and oxygen atoms in total. The highest BCUT2D eigenvalue weighted by molar-refractivity contribution is 6.61. The predicted octanol–water partition coefficient (Wildman–Crippen LogP) is 3.11. The van der Waals surface area contributed by atoms with Crippen LogP contribution >= 0.6 is 0 Å². The van der Waals surface area contributed by atoms with Crippen molar-refractivity contribution >= 4 is 23.9 Å². The van der Waals surface area contributed by atoms with Crippen LogP contribution in [0.25, 0.3) is 5.57 Å². The summed E-state index contributed by atoms with van der Waals surface area (Å²) in [5.74, 6) is 0.0941. The van der Waals surface area contributed by atoms with Crippen molar-refractivity contribution in [1.82, 2.24) is 0 Å². The highest BCUT2D eigenvalue weighted by Crippen LogP contribution is 2.42. The molecule has 0 amide bonds. The van der Waals surface area contributed by atoms with E-state index >= 15 is 0 Å². The highest BCUT2D eigenvalue weighted by Gasteiger charge is 2.48. The second kappa shape index (κ2) is 4.81. The summed E-state index contributed by atoms with van der Waals surface area (Å²) >= 11 is 0. The van der Waals surface area contributed by atoms with Crippen molar-refractivity contribution < 1.29 is 14.1 Å². The van der Waals surface area contributed by atoms with E-state index < -0.39 is 12.5 Å². The Morgan fingerprint density at radius 2 is 1.78 bits per heavy atom. The summed E-state index contributed by atoms with van der Waals surface area (Å²) in [5.41, 5.74) is 2.64. The van der Waals surface area contributed by atoms with Gasteiger partial charge < -0.3 is 9.31 Å². The van der Waals surface area contributed by atoms with E-state index in [1.165, 1.54) is 0 Å². The summed E-state index contributed by atoms with van der Waals surface area (Å²) in [6, 6.07) is 6.02. The quantitative estimate of drug-likeness (QED) is 0.590. The van der Waals surface area contributed by atoms with Gasteiger partial charge in [-0.15, -0.1) is 0 Å². The molecule has 1 saturated heterocycles. The van der Waals surface area contributed by atoms with Crippen LogP contribution in [0, 0.1) is 5.41 Å². The van der Waals surface area contributed by atoms with Crippen LogP contribution in [0.3, 0.4) is 0 Å². The van der Waals surface area contributed by atoms with E-state index in [2.05, 4.69) is 34.3 Å². The molecule has 1 aliphatic heterocycles. The number of hydrogen-bond donors (Lipinski definition) is 0. The van der Waals surface area contributed by atoms with Crippen LogP contribution in [-0.2, 0) is 19.5 Å². The van der Waals surface area contributed by atoms with E-state index in [0.29, 0.717) is 12.2 Å². The lowest BCUT2D eigenvalue weighted by molar-refractivity contribution is -0.117. The first kappa shape index (κ1) is 16.5. The fraction of sp³-hybridized carbons (Fsp3) is 0.526. The third kappa shape index (κ3) is 2.31. The van der Waals surface area contributed by atoms with Crippen LogP contribution in [0.5, 0.6) is 0 Å². The number of benzene rings is 1. The molecule has 0 atom stereocenters. The van der Waals surface area contributed by atoms with Crippen molar-refractivity contribution in [2.45, 2.75) is 52.6 Å². The van der Waals surface area contributed by atoms with Gasteiger partial charge in [-0.25, -0.2) is 0 Å². The van der Waals surface area contributed by atoms with E-state index in [4.69, 9.17) is 9.31 Å². The Kier molecular flexibility index (Phi) is 3.44. The van der Waals surface area contributed by atoms with Gasteiger partial charge in [-0.05, 0) is 44.3 Å². The van der Waals surface area contributed by atoms with E-state index in [-0.39, 0.29) is 16.8 Å². The minimum Gasteiger partial charge on any atom is -0.407 e. The smallest absolute Gasteiger partial charge is 0.407 e. The Morgan fingerprint density at radius 1 is 1.13 bits per heavy atom. The van der Waals surface area contributed by atoms with Gasteiger partial charge in [0.2, 0.25) is 0 Å². The summed E-state index contributed by atoms with van der Waals surface area (Å²) in [7, 11) is -0.407. The Balaban J connectivity index is 1.96. The number of allylic oxidation sites excluding steroid dienone is 1. The number of carbonyl (C=O) groups excluding carboxylic acids is 1. The first-order chi connectivity index (χ1) is 10.5. The van der Waals surface area contributed by atoms with E-state index in [1.54, 1.807) is 0 Å². The van der Waals surface area contributed by atoms with Gasteiger partial charge >= 0.3 is 7.12 Å². The third-order valence-corrected chi connectivity index (χ3v) is 5.78. The van der Waals surface area contributed by atoms with Gasteiger partial charge in [-0.1, -0.05) is 38.6 Å². The molecule has 122 valence electrons.